The molecule has 0 aliphatic carbocycles. The molecule has 3 N–H and O–H groups in total. The molecule has 1 rings (SSSR count). The molecule has 0 bridgehead atoms. The highest BCUT2D eigenvalue weighted by Crippen LogP contribution is 2.24. The number of hydrogen-bond acceptors (Lipinski definition) is 3. The lowest BCUT2D eigenvalue weighted by atomic mass is 10.1. The van der Waals surface area contributed by atoms with Crippen molar-refractivity contribution in [3.8, 4) is 0 Å². The maximum Gasteiger partial charge on any atom is 0.405 e. The summed E-state index contributed by atoms with van der Waals surface area (Å²) in [6, 6.07) is 1.61. The van der Waals surface area contributed by atoms with Gasteiger partial charge >= 0.3 is 6.18 Å². The highest BCUT2D eigenvalue weighted by molar-refractivity contribution is 6.01. The van der Waals surface area contributed by atoms with E-state index in [0.29, 0.717) is 5.56 Å². The van der Waals surface area contributed by atoms with Gasteiger partial charge in [-0.15, -0.1) is 0 Å². The van der Waals surface area contributed by atoms with E-state index >= 15 is 0 Å². The van der Waals surface area contributed by atoms with Crippen molar-refractivity contribution in [2.45, 2.75) is 20.0 Å². The molecule has 0 radical (unpaired) electrons. The van der Waals surface area contributed by atoms with Crippen LogP contribution in [0.1, 0.15) is 18.1 Å². The summed E-state index contributed by atoms with van der Waals surface area (Å²) in [6.07, 6.45) is -2.91. The van der Waals surface area contributed by atoms with Gasteiger partial charge in [0, 0.05) is 12.7 Å². The molecule has 0 aliphatic heterocycles. The first-order chi connectivity index (χ1) is 8.26. The number of hydrogen-bond donors (Lipinski definition) is 2. The average molecular weight is 260 g/mol. The van der Waals surface area contributed by atoms with Crippen molar-refractivity contribution in [3.63, 3.8) is 0 Å². The third-order valence-electron chi connectivity index (χ3n) is 2.46. The Morgan fingerprint density at radius 2 is 2.11 bits per heavy atom. The third kappa shape index (κ3) is 3.35. The number of halogens is 3. The van der Waals surface area contributed by atoms with Crippen LogP contribution in [0.25, 0.3) is 0 Å². The van der Waals surface area contributed by atoms with Gasteiger partial charge in [-0.25, -0.2) is 4.98 Å². The van der Waals surface area contributed by atoms with Crippen molar-refractivity contribution in [1.29, 1.82) is 5.41 Å². The maximum absolute atomic E-state index is 12.5. The summed E-state index contributed by atoms with van der Waals surface area (Å²) >= 11 is 0. The monoisotopic (exact) mass is 260 g/mol. The van der Waals surface area contributed by atoms with Gasteiger partial charge in [-0.3, -0.25) is 5.41 Å². The Morgan fingerprint density at radius 3 is 2.56 bits per heavy atom. The van der Waals surface area contributed by atoms with E-state index in [0.717, 1.165) is 4.90 Å². The van der Waals surface area contributed by atoms with Crippen LogP contribution in [0.3, 0.4) is 0 Å². The number of nitrogens with one attached hydrogen (secondary N) is 1. The van der Waals surface area contributed by atoms with Crippen molar-refractivity contribution in [1.82, 2.24) is 4.98 Å². The Hall–Kier alpha value is -1.79. The third-order valence-corrected chi connectivity index (χ3v) is 2.46. The van der Waals surface area contributed by atoms with E-state index in [4.69, 9.17) is 11.1 Å². The fourth-order valence-corrected chi connectivity index (χ4v) is 1.67. The first kappa shape index (κ1) is 14.3. The number of nitrogen functional groups attached to an aromatic ring is 1. The molecule has 1 aromatic heterocycles. The smallest absolute Gasteiger partial charge is 0.384 e. The average Bonchev–Trinajstić information content (AvgIpc) is 2.23. The van der Waals surface area contributed by atoms with E-state index in [9.17, 15) is 13.2 Å². The van der Waals surface area contributed by atoms with Crippen LogP contribution in [0.4, 0.5) is 19.0 Å². The van der Waals surface area contributed by atoms with Crippen LogP contribution in [0.15, 0.2) is 12.3 Å². The number of anilines is 1. The lowest BCUT2D eigenvalue weighted by Crippen LogP contribution is -2.36. The summed E-state index contributed by atoms with van der Waals surface area (Å²) in [7, 11) is 0. The van der Waals surface area contributed by atoms with E-state index in [-0.39, 0.29) is 23.8 Å². The topological polar surface area (TPSA) is 66.0 Å². The Labute approximate surface area is 103 Å². The minimum Gasteiger partial charge on any atom is -0.384 e. The van der Waals surface area contributed by atoms with Gasteiger partial charge in [0.15, 0.2) is 0 Å². The Bertz CT molecular complexity index is 442. The largest absolute Gasteiger partial charge is 0.405 e. The molecular weight excluding hydrogens is 245 g/mol. The molecule has 0 unspecified atom stereocenters. The zero-order chi connectivity index (χ0) is 13.9. The molecule has 4 nitrogen and oxygen atoms in total. The number of rotatable bonds is 4. The summed E-state index contributed by atoms with van der Waals surface area (Å²) < 4.78 is 37.4. The Morgan fingerprint density at radius 1 is 1.50 bits per heavy atom. The molecule has 0 saturated heterocycles. The van der Waals surface area contributed by atoms with Gasteiger partial charge in [0.1, 0.15) is 18.2 Å². The van der Waals surface area contributed by atoms with E-state index in [1.165, 1.54) is 6.20 Å². The summed E-state index contributed by atoms with van der Waals surface area (Å²) in [5.74, 6) is -0.182. The first-order valence-electron chi connectivity index (χ1n) is 5.38. The second-order valence-electron chi connectivity index (χ2n) is 3.87. The molecule has 7 heteroatoms. The molecular formula is C11H15F3N4. The second-order valence-corrected chi connectivity index (χ2v) is 3.87. The number of pyridine rings is 1. The van der Waals surface area contributed by atoms with Crippen LogP contribution in [0.2, 0.25) is 0 Å². The molecule has 0 fully saturated rings. The normalized spacial score (nSPS) is 11.4. The highest BCUT2D eigenvalue weighted by Gasteiger charge is 2.32. The molecule has 1 heterocycles. The van der Waals surface area contributed by atoms with Gasteiger partial charge in [0.05, 0.1) is 5.56 Å². The standard InChI is InChI=1S/C11H15F3N4/c1-3-18(6-11(12,13)14)10-8(9(15)16)7(2)4-5-17-10/h4-5H,3,6H2,1-2H3,(H3,15,16). The van der Waals surface area contributed by atoms with Crippen molar-refractivity contribution in [2.24, 2.45) is 5.73 Å². The lowest BCUT2D eigenvalue weighted by molar-refractivity contribution is -0.119. The van der Waals surface area contributed by atoms with Crippen LogP contribution in [0.5, 0.6) is 0 Å². The van der Waals surface area contributed by atoms with E-state index in [1.807, 2.05) is 0 Å². The minimum absolute atomic E-state index is 0.0994. The number of aryl methyl sites for hydroxylation is 1. The summed E-state index contributed by atoms with van der Waals surface area (Å²) in [5.41, 5.74) is 6.29. The van der Waals surface area contributed by atoms with Crippen molar-refractivity contribution in [2.75, 3.05) is 18.0 Å². The second kappa shape index (κ2) is 5.24. The van der Waals surface area contributed by atoms with E-state index < -0.39 is 12.7 Å². The summed E-state index contributed by atoms with van der Waals surface area (Å²) in [4.78, 5) is 4.98. The zero-order valence-corrected chi connectivity index (χ0v) is 10.2. The minimum atomic E-state index is -4.32. The fraction of sp³-hybridized carbons (Fsp3) is 0.455. The number of nitrogens with two attached hydrogens (primary N) is 1. The van der Waals surface area contributed by atoms with Crippen molar-refractivity contribution >= 4 is 11.7 Å². The van der Waals surface area contributed by atoms with E-state index in [2.05, 4.69) is 4.98 Å². The van der Waals surface area contributed by atoms with Gasteiger partial charge in [-0.05, 0) is 25.5 Å². The van der Waals surface area contributed by atoms with Gasteiger partial charge in [0.25, 0.3) is 0 Å². The molecule has 18 heavy (non-hydrogen) atoms. The summed E-state index contributed by atoms with van der Waals surface area (Å²) in [5, 5.41) is 7.45. The molecule has 0 aliphatic rings. The molecule has 0 amide bonds. The molecule has 100 valence electrons. The number of nitrogens with zero attached hydrogens (tertiary/aromatic N) is 2. The summed E-state index contributed by atoms with van der Waals surface area (Å²) in [6.45, 7) is 2.31. The molecule has 0 atom stereocenters. The Balaban J connectivity index is 3.21. The lowest BCUT2D eigenvalue weighted by Gasteiger charge is -2.25. The molecule has 1 aromatic rings. The van der Waals surface area contributed by atoms with Gasteiger partial charge in [0.2, 0.25) is 0 Å². The van der Waals surface area contributed by atoms with Crippen LogP contribution in [0, 0.1) is 12.3 Å². The number of aromatic nitrogens is 1. The Kier molecular flexibility index (Phi) is 4.15. The molecule has 0 spiro atoms. The number of amidine groups is 1. The van der Waals surface area contributed by atoms with Gasteiger partial charge in [-0.1, -0.05) is 0 Å². The maximum atomic E-state index is 12.5. The van der Waals surface area contributed by atoms with Gasteiger partial charge in [-0.2, -0.15) is 13.2 Å². The predicted molar refractivity (Wildman–Crippen MR) is 63.9 cm³/mol. The number of alkyl halides is 3. The van der Waals surface area contributed by atoms with Crippen LogP contribution < -0.4 is 10.6 Å². The first-order valence-corrected chi connectivity index (χ1v) is 5.38. The van der Waals surface area contributed by atoms with Crippen LogP contribution in [-0.2, 0) is 0 Å². The SMILES string of the molecule is CCN(CC(F)(F)F)c1nccc(C)c1C(=N)N. The van der Waals surface area contributed by atoms with Crippen LogP contribution >= 0.6 is 0 Å². The highest BCUT2D eigenvalue weighted by atomic mass is 19.4. The zero-order valence-electron chi connectivity index (χ0n) is 10.2. The molecule has 0 aromatic carbocycles. The quantitative estimate of drug-likeness (QED) is 0.643. The predicted octanol–water partition coefficient (Wildman–Crippen LogP) is 2.06. The van der Waals surface area contributed by atoms with E-state index in [1.54, 1.807) is 19.9 Å². The van der Waals surface area contributed by atoms with Crippen LogP contribution in [-0.4, -0.2) is 30.1 Å². The molecule has 0 saturated carbocycles. The van der Waals surface area contributed by atoms with Gasteiger partial charge < -0.3 is 10.6 Å². The fourth-order valence-electron chi connectivity index (χ4n) is 1.67. The van der Waals surface area contributed by atoms with Crippen molar-refractivity contribution < 1.29 is 13.2 Å². The van der Waals surface area contributed by atoms with Crippen molar-refractivity contribution in [3.05, 3.63) is 23.4 Å².